The Kier molecular flexibility index (Phi) is 3.44. The van der Waals surface area contributed by atoms with Crippen LogP contribution in [0, 0.1) is 0 Å². The van der Waals surface area contributed by atoms with Crippen molar-refractivity contribution in [3.63, 3.8) is 0 Å². The molecule has 0 aliphatic heterocycles. The van der Waals surface area contributed by atoms with E-state index < -0.39 is 12.3 Å². The van der Waals surface area contributed by atoms with Gasteiger partial charge in [-0.15, -0.1) is 0 Å². The van der Waals surface area contributed by atoms with Crippen LogP contribution >= 0.6 is 27.5 Å². The van der Waals surface area contributed by atoms with Crippen LogP contribution < -0.4 is 0 Å². The number of aliphatic hydroxyl groups is 1. The molecule has 1 nitrogen and oxygen atoms in total. The smallest absolute Gasteiger partial charge is 0.379 e. The highest BCUT2D eigenvalue weighted by molar-refractivity contribution is 9.10. The third-order valence-electron chi connectivity index (χ3n) is 1.51. The molecule has 0 aliphatic rings. The third kappa shape index (κ3) is 2.87. The molecule has 1 aromatic rings. The second-order valence-corrected chi connectivity index (χ2v) is 4.00. The van der Waals surface area contributed by atoms with Crippen molar-refractivity contribution in [1.82, 2.24) is 0 Å². The fraction of sp³-hybridized carbons (Fsp3) is 0.250. The van der Waals surface area contributed by atoms with Gasteiger partial charge < -0.3 is 5.11 Å². The van der Waals surface area contributed by atoms with Gasteiger partial charge in [0.2, 0.25) is 0 Å². The fourth-order valence-corrected chi connectivity index (χ4v) is 1.81. The summed E-state index contributed by atoms with van der Waals surface area (Å²) in [5.74, 6) is 0. The van der Waals surface area contributed by atoms with Gasteiger partial charge in [-0.05, 0) is 23.8 Å². The van der Waals surface area contributed by atoms with Crippen molar-refractivity contribution < 1.29 is 18.3 Å². The van der Waals surface area contributed by atoms with Crippen molar-refractivity contribution in [2.24, 2.45) is 0 Å². The zero-order valence-electron chi connectivity index (χ0n) is 6.65. The van der Waals surface area contributed by atoms with Crippen LogP contribution in [0.1, 0.15) is 11.7 Å². The van der Waals surface area contributed by atoms with Crippen molar-refractivity contribution in [2.45, 2.75) is 12.3 Å². The molecule has 0 aromatic heterocycles. The predicted molar refractivity (Wildman–Crippen MR) is 50.2 cm³/mol. The number of hydrogen-bond donors (Lipinski definition) is 1. The number of benzene rings is 1. The van der Waals surface area contributed by atoms with E-state index in [9.17, 15) is 13.2 Å². The van der Waals surface area contributed by atoms with E-state index in [-0.39, 0.29) is 10.6 Å². The van der Waals surface area contributed by atoms with Gasteiger partial charge in [-0.2, -0.15) is 13.2 Å². The number of aliphatic hydroxyl groups excluding tert-OH is 1. The Morgan fingerprint density at radius 3 is 2.29 bits per heavy atom. The minimum absolute atomic E-state index is 0.137. The Morgan fingerprint density at radius 2 is 1.86 bits per heavy atom. The first kappa shape index (κ1) is 11.8. The van der Waals surface area contributed by atoms with Crippen molar-refractivity contribution in [3.8, 4) is 0 Å². The topological polar surface area (TPSA) is 20.2 Å². The van der Waals surface area contributed by atoms with Crippen LogP contribution in [0.15, 0.2) is 22.7 Å². The zero-order chi connectivity index (χ0) is 10.9. The molecule has 14 heavy (non-hydrogen) atoms. The van der Waals surface area contributed by atoms with E-state index in [1.54, 1.807) is 0 Å². The van der Waals surface area contributed by atoms with Crippen LogP contribution in [0.4, 0.5) is 13.2 Å². The molecular formula is C8H5BrClF3O. The molecule has 0 spiro atoms. The molecule has 0 fully saturated rings. The lowest BCUT2D eigenvalue weighted by Gasteiger charge is -2.15. The Bertz CT molecular complexity index is 320. The van der Waals surface area contributed by atoms with Gasteiger partial charge in [-0.1, -0.05) is 27.5 Å². The molecule has 78 valence electrons. The molecular weight excluding hydrogens is 284 g/mol. The van der Waals surface area contributed by atoms with Gasteiger partial charge in [-0.3, -0.25) is 0 Å². The molecule has 1 aromatic carbocycles. The highest BCUT2D eigenvalue weighted by Crippen LogP contribution is 2.34. The summed E-state index contributed by atoms with van der Waals surface area (Å²) in [7, 11) is 0. The Labute approximate surface area is 91.6 Å². The largest absolute Gasteiger partial charge is 0.418 e. The molecule has 0 heterocycles. The normalized spacial score (nSPS) is 14.1. The first-order valence-electron chi connectivity index (χ1n) is 3.51. The summed E-state index contributed by atoms with van der Waals surface area (Å²) in [5.41, 5.74) is -0.281. The second-order valence-electron chi connectivity index (χ2n) is 2.65. The molecule has 0 saturated heterocycles. The molecule has 1 N–H and O–H groups in total. The van der Waals surface area contributed by atoms with Gasteiger partial charge in [-0.25, -0.2) is 0 Å². The first-order valence-corrected chi connectivity index (χ1v) is 4.68. The van der Waals surface area contributed by atoms with Gasteiger partial charge >= 0.3 is 6.18 Å². The van der Waals surface area contributed by atoms with E-state index in [0.29, 0.717) is 4.47 Å². The van der Waals surface area contributed by atoms with Crippen molar-refractivity contribution in [2.75, 3.05) is 0 Å². The maximum Gasteiger partial charge on any atom is 0.418 e. The Hall–Kier alpha value is -0.260. The lowest BCUT2D eigenvalue weighted by Crippen LogP contribution is -2.20. The molecule has 0 saturated carbocycles. The molecule has 0 radical (unpaired) electrons. The predicted octanol–water partition coefficient (Wildman–Crippen LogP) is 3.70. The molecule has 6 heteroatoms. The number of alkyl halides is 3. The van der Waals surface area contributed by atoms with Crippen LogP contribution in [0.25, 0.3) is 0 Å². The highest BCUT2D eigenvalue weighted by Gasteiger charge is 2.39. The lowest BCUT2D eigenvalue weighted by atomic mass is 10.1. The van der Waals surface area contributed by atoms with Crippen LogP contribution in [0.3, 0.4) is 0 Å². The molecule has 0 unspecified atom stereocenters. The quantitative estimate of drug-likeness (QED) is 0.836. The maximum absolute atomic E-state index is 12.1. The van der Waals surface area contributed by atoms with Gasteiger partial charge in [0.15, 0.2) is 6.10 Å². The first-order chi connectivity index (χ1) is 6.30. The number of hydrogen-bond acceptors (Lipinski definition) is 1. The second kappa shape index (κ2) is 4.08. The summed E-state index contributed by atoms with van der Waals surface area (Å²) >= 11 is 8.52. The van der Waals surface area contributed by atoms with Crippen LogP contribution in [-0.2, 0) is 0 Å². The van der Waals surface area contributed by atoms with E-state index >= 15 is 0 Å². The standard InChI is InChI=1S/C8H5BrClF3O/c9-5-1-4(2-6(10)3-5)7(14)8(11,12)13/h1-3,7,14H/t7-/m0/s1. The number of halogens is 5. The monoisotopic (exact) mass is 288 g/mol. The number of rotatable bonds is 1. The maximum atomic E-state index is 12.1. The zero-order valence-corrected chi connectivity index (χ0v) is 8.99. The average Bonchev–Trinajstić information content (AvgIpc) is 1.99. The minimum Gasteiger partial charge on any atom is -0.379 e. The van der Waals surface area contributed by atoms with Crippen molar-refractivity contribution >= 4 is 27.5 Å². The summed E-state index contributed by atoms with van der Waals surface area (Å²) in [6.45, 7) is 0. The molecule has 0 bridgehead atoms. The molecule has 0 aliphatic carbocycles. The van der Waals surface area contributed by atoms with E-state index in [2.05, 4.69) is 15.9 Å². The third-order valence-corrected chi connectivity index (χ3v) is 2.19. The van der Waals surface area contributed by atoms with Crippen LogP contribution in [0.2, 0.25) is 5.02 Å². The Morgan fingerprint density at radius 1 is 1.29 bits per heavy atom. The van der Waals surface area contributed by atoms with Gasteiger partial charge in [0.25, 0.3) is 0 Å². The van der Waals surface area contributed by atoms with Crippen molar-refractivity contribution in [1.29, 1.82) is 0 Å². The molecule has 0 amide bonds. The summed E-state index contributed by atoms with van der Waals surface area (Å²) < 4.78 is 36.7. The molecule has 1 rings (SSSR count). The highest BCUT2D eigenvalue weighted by atomic mass is 79.9. The minimum atomic E-state index is -4.68. The summed E-state index contributed by atoms with van der Waals surface area (Å²) in [5, 5.41) is 9.04. The summed E-state index contributed by atoms with van der Waals surface area (Å²) in [4.78, 5) is 0. The van der Waals surface area contributed by atoms with Crippen LogP contribution in [0.5, 0.6) is 0 Å². The van der Waals surface area contributed by atoms with Gasteiger partial charge in [0, 0.05) is 9.50 Å². The van der Waals surface area contributed by atoms with E-state index in [1.165, 1.54) is 12.1 Å². The van der Waals surface area contributed by atoms with E-state index in [0.717, 1.165) is 6.07 Å². The van der Waals surface area contributed by atoms with Crippen molar-refractivity contribution in [3.05, 3.63) is 33.3 Å². The van der Waals surface area contributed by atoms with E-state index in [4.69, 9.17) is 16.7 Å². The van der Waals surface area contributed by atoms with Gasteiger partial charge in [0.05, 0.1) is 0 Å². The van der Waals surface area contributed by atoms with E-state index in [1.807, 2.05) is 0 Å². The van der Waals surface area contributed by atoms with Gasteiger partial charge in [0.1, 0.15) is 0 Å². The fourth-order valence-electron chi connectivity index (χ4n) is 0.922. The Balaban J connectivity index is 3.07. The molecule has 1 atom stereocenters. The SMILES string of the molecule is O[C@@H](c1cc(Cl)cc(Br)c1)C(F)(F)F. The lowest BCUT2D eigenvalue weighted by molar-refractivity contribution is -0.206. The summed E-state index contributed by atoms with van der Waals surface area (Å²) in [6.07, 6.45) is -7.18. The average molecular weight is 289 g/mol. The van der Waals surface area contributed by atoms with Crippen LogP contribution in [-0.4, -0.2) is 11.3 Å². The summed E-state index contributed by atoms with van der Waals surface area (Å²) in [6, 6.07) is 3.68.